The molecule has 0 amide bonds. The Kier molecular flexibility index (Phi) is 4.00. The van der Waals surface area contributed by atoms with Gasteiger partial charge in [-0.05, 0) is 45.8 Å². The minimum atomic E-state index is 0.792. The molecular formula is C12H25N3. The predicted molar refractivity (Wildman–Crippen MR) is 64.1 cm³/mol. The average molecular weight is 211 g/mol. The number of piperazine rings is 1. The topological polar surface area (TPSA) is 18.5 Å². The Bertz CT molecular complexity index is 181. The van der Waals surface area contributed by atoms with E-state index in [-0.39, 0.29) is 0 Å². The van der Waals surface area contributed by atoms with Gasteiger partial charge in [0.1, 0.15) is 0 Å². The quantitative estimate of drug-likeness (QED) is 0.722. The maximum atomic E-state index is 3.45. The van der Waals surface area contributed by atoms with Crippen molar-refractivity contribution >= 4 is 0 Å². The SMILES string of the molecule is C[C@@H](C1CCNCC1)N1CCN(C)CC1. The number of nitrogens with zero attached hydrogens (tertiary/aromatic N) is 2. The van der Waals surface area contributed by atoms with Crippen molar-refractivity contribution < 1.29 is 0 Å². The highest BCUT2D eigenvalue weighted by Crippen LogP contribution is 2.21. The Morgan fingerprint density at radius 3 is 2.27 bits per heavy atom. The summed E-state index contributed by atoms with van der Waals surface area (Å²) in [6, 6.07) is 0.792. The Morgan fingerprint density at radius 1 is 1.07 bits per heavy atom. The molecule has 0 saturated carbocycles. The van der Waals surface area contributed by atoms with E-state index >= 15 is 0 Å². The van der Waals surface area contributed by atoms with E-state index in [1.807, 2.05) is 0 Å². The molecule has 0 aromatic rings. The molecule has 1 N–H and O–H groups in total. The first kappa shape index (κ1) is 11.4. The molecule has 2 aliphatic rings. The van der Waals surface area contributed by atoms with E-state index in [0.717, 1.165) is 12.0 Å². The first-order valence-corrected chi connectivity index (χ1v) is 6.40. The van der Waals surface area contributed by atoms with Crippen LogP contribution in [0.2, 0.25) is 0 Å². The highest BCUT2D eigenvalue weighted by molar-refractivity contribution is 4.82. The first-order valence-electron chi connectivity index (χ1n) is 6.40. The molecule has 3 heteroatoms. The number of likely N-dealkylation sites (N-methyl/N-ethyl adjacent to an activating group) is 1. The first-order chi connectivity index (χ1) is 7.27. The van der Waals surface area contributed by atoms with Crippen molar-refractivity contribution in [3.63, 3.8) is 0 Å². The Balaban J connectivity index is 1.81. The van der Waals surface area contributed by atoms with Crippen LogP contribution in [-0.4, -0.2) is 62.2 Å². The molecule has 0 aromatic carbocycles. The number of rotatable bonds is 2. The van der Waals surface area contributed by atoms with Crippen molar-refractivity contribution in [3.05, 3.63) is 0 Å². The van der Waals surface area contributed by atoms with E-state index in [1.54, 1.807) is 0 Å². The van der Waals surface area contributed by atoms with Gasteiger partial charge in [0.2, 0.25) is 0 Å². The molecule has 2 fully saturated rings. The van der Waals surface area contributed by atoms with Gasteiger partial charge in [-0.15, -0.1) is 0 Å². The van der Waals surface area contributed by atoms with Gasteiger partial charge in [0.05, 0.1) is 0 Å². The van der Waals surface area contributed by atoms with Gasteiger partial charge in [-0.1, -0.05) is 0 Å². The molecule has 2 aliphatic heterocycles. The third-order valence-corrected chi connectivity index (χ3v) is 4.18. The molecule has 3 nitrogen and oxygen atoms in total. The fourth-order valence-corrected chi connectivity index (χ4v) is 2.85. The molecule has 0 aliphatic carbocycles. The smallest absolute Gasteiger partial charge is 0.0113 e. The Hall–Kier alpha value is -0.120. The summed E-state index contributed by atoms with van der Waals surface area (Å²) in [7, 11) is 2.23. The monoisotopic (exact) mass is 211 g/mol. The Morgan fingerprint density at radius 2 is 1.67 bits per heavy atom. The van der Waals surface area contributed by atoms with Gasteiger partial charge in [-0.3, -0.25) is 4.90 Å². The molecule has 15 heavy (non-hydrogen) atoms. The molecule has 0 aromatic heterocycles. The minimum absolute atomic E-state index is 0.792. The van der Waals surface area contributed by atoms with Crippen molar-refractivity contribution in [1.82, 2.24) is 15.1 Å². The number of hydrogen-bond donors (Lipinski definition) is 1. The van der Waals surface area contributed by atoms with Crippen LogP contribution in [-0.2, 0) is 0 Å². The van der Waals surface area contributed by atoms with Crippen molar-refractivity contribution in [2.45, 2.75) is 25.8 Å². The normalized spacial score (nSPS) is 29.2. The van der Waals surface area contributed by atoms with Crippen molar-refractivity contribution in [2.24, 2.45) is 5.92 Å². The molecule has 88 valence electrons. The molecule has 2 saturated heterocycles. The maximum Gasteiger partial charge on any atom is 0.0113 e. The average Bonchev–Trinajstić information content (AvgIpc) is 2.30. The zero-order valence-electron chi connectivity index (χ0n) is 10.2. The summed E-state index contributed by atoms with van der Waals surface area (Å²) in [6.45, 7) is 9.90. The predicted octanol–water partition coefficient (Wildman–Crippen LogP) is 0.622. The summed E-state index contributed by atoms with van der Waals surface area (Å²) in [6.07, 6.45) is 2.74. The maximum absolute atomic E-state index is 3.45. The Labute approximate surface area is 93.8 Å². The van der Waals surface area contributed by atoms with Gasteiger partial charge in [0.15, 0.2) is 0 Å². The van der Waals surface area contributed by atoms with Gasteiger partial charge >= 0.3 is 0 Å². The van der Waals surface area contributed by atoms with Crippen LogP contribution in [0.25, 0.3) is 0 Å². The zero-order chi connectivity index (χ0) is 10.7. The van der Waals surface area contributed by atoms with Crippen LogP contribution in [0.4, 0.5) is 0 Å². The van der Waals surface area contributed by atoms with Crippen LogP contribution in [0.1, 0.15) is 19.8 Å². The highest BCUT2D eigenvalue weighted by Gasteiger charge is 2.26. The minimum Gasteiger partial charge on any atom is -0.317 e. The van der Waals surface area contributed by atoms with E-state index < -0.39 is 0 Å². The fraction of sp³-hybridized carbons (Fsp3) is 1.00. The van der Waals surface area contributed by atoms with Gasteiger partial charge in [0, 0.05) is 32.2 Å². The van der Waals surface area contributed by atoms with Crippen molar-refractivity contribution in [2.75, 3.05) is 46.3 Å². The van der Waals surface area contributed by atoms with Gasteiger partial charge in [-0.25, -0.2) is 0 Å². The van der Waals surface area contributed by atoms with Crippen LogP contribution in [0.15, 0.2) is 0 Å². The van der Waals surface area contributed by atoms with E-state index in [9.17, 15) is 0 Å². The summed E-state index contributed by atoms with van der Waals surface area (Å²) < 4.78 is 0. The second-order valence-corrected chi connectivity index (χ2v) is 5.17. The molecule has 1 atom stereocenters. The lowest BCUT2D eigenvalue weighted by Gasteiger charge is -2.41. The summed E-state index contributed by atoms with van der Waals surface area (Å²) in [5.41, 5.74) is 0. The molecular weight excluding hydrogens is 186 g/mol. The third kappa shape index (κ3) is 2.92. The van der Waals surface area contributed by atoms with E-state index in [4.69, 9.17) is 0 Å². The molecule has 2 rings (SSSR count). The van der Waals surface area contributed by atoms with Crippen molar-refractivity contribution in [1.29, 1.82) is 0 Å². The number of hydrogen-bond acceptors (Lipinski definition) is 3. The van der Waals surface area contributed by atoms with Crippen LogP contribution >= 0.6 is 0 Å². The second kappa shape index (κ2) is 5.28. The second-order valence-electron chi connectivity index (χ2n) is 5.17. The van der Waals surface area contributed by atoms with E-state index in [2.05, 4.69) is 29.1 Å². The summed E-state index contributed by atoms with van der Waals surface area (Å²) in [5, 5.41) is 3.45. The van der Waals surface area contributed by atoms with Crippen LogP contribution < -0.4 is 5.32 Å². The molecule has 0 radical (unpaired) electrons. The highest BCUT2D eigenvalue weighted by atomic mass is 15.3. The summed E-state index contributed by atoms with van der Waals surface area (Å²) in [5.74, 6) is 0.926. The summed E-state index contributed by atoms with van der Waals surface area (Å²) in [4.78, 5) is 5.13. The largest absolute Gasteiger partial charge is 0.317 e. The fourth-order valence-electron chi connectivity index (χ4n) is 2.85. The van der Waals surface area contributed by atoms with Crippen LogP contribution in [0.5, 0.6) is 0 Å². The third-order valence-electron chi connectivity index (χ3n) is 4.18. The van der Waals surface area contributed by atoms with Gasteiger partial charge < -0.3 is 10.2 Å². The zero-order valence-corrected chi connectivity index (χ0v) is 10.2. The molecule has 0 unspecified atom stereocenters. The summed E-state index contributed by atoms with van der Waals surface area (Å²) >= 11 is 0. The van der Waals surface area contributed by atoms with Crippen LogP contribution in [0, 0.1) is 5.92 Å². The number of piperidine rings is 1. The molecule has 0 bridgehead atoms. The van der Waals surface area contributed by atoms with E-state index in [0.29, 0.717) is 0 Å². The molecule has 2 heterocycles. The standard InChI is InChI=1S/C12H25N3/c1-11(12-3-5-13-6-4-12)15-9-7-14(2)8-10-15/h11-13H,3-10H2,1-2H3/t11-/m0/s1. The van der Waals surface area contributed by atoms with E-state index in [1.165, 1.54) is 52.1 Å². The lowest BCUT2D eigenvalue weighted by atomic mass is 9.90. The van der Waals surface area contributed by atoms with Gasteiger partial charge in [-0.2, -0.15) is 0 Å². The van der Waals surface area contributed by atoms with Crippen LogP contribution in [0.3, 0.4) is 0 Å². The van der Waals surface area contributed by atoms with Gasteiger partial charge in [0.25, 0.3) is 0 Å². The molecule has 0 spiro atoms. The number of nitrogens with one attached hydrogen (secondary N) is 1. The van der Waals surface area contributed by atoms with Crippen molar-refractivity contribution in [3.8, 4) is 0 Å². The lowest BCUT2D eigenvalue weighted by molar-refractivity contribution is 0.0793. The lowest BCUT2D eigenvalue weighted by Crippen LogP contribution is -2.51.